The molecule has 4 aliphatic heterocycles. The van der Waals surface area contributed by atoms with E-state index in [-0.39, 0.29) is 29.4 Å². The molecule has 5 heteroatoms. The Morgan fingerprint density at radius 1 is 1.29 bits per heavy atom. The summed E-state index contributed by atoms with van der Waals surface area (Å²) in [5, 5.41) is 3.30. The van der Waals surface area contributed by atoms with Gasteiger partial charge >= 0.3 is 0 Å². The molecule has 0 aromatic heterocycles. The van der Waals surface area contributed by atoms with Gasteiger partial charge in [0.25, 0.3) is 0 Å². The molecule has 3 N–H and O–H groups in total. The summed E-state index contributed by atoms with van der Waals surface area (Å²) < 4.78 is 5.78. The molecule has 4 saturated heterocycles. The Morgan fingerprint density at radius 2 is 2.00 bits per heavy atom. The zero-order valence-corrected chi connectivity index (χ0v) is 13.1. The average Bonchev–Trinajstić information content (AvgIpc) is 2.96. The molecule has 1 saturated carbocycles. The van der Waals surface area contributed by atoms with Crippen molar-refractivity contribution in [2.45, 2.75) is 50.8 Å². The molecule has 2 bridgehead atoms. The zero-order valence-electron chi connectivity index (χ0n) is 13.1. The molecule has 118 valence electrons. The quantitative estimate of drug-likeness (QED) is 0.770. The van der Waals surface area contributed by atoms with Crippen molar-refractivity contribution in [1.29, 1.82) is 0 Å². The molecule has 0 aromatic carbocycles. The highest BCUT2D eigenvalue weighted by molar-refractivity contribution is 5.89. The molecule has 0 aromatic rings. The second-order valence-electron chi connectivity index (χ2n) is 8.00. The van der Waals surface area contributed by atoms with Gasteiger partial charge < -0.3 is 20.7 Å². The van der Waals surface area contributed by atoms with Crippen molar-refractivity contribution in [3.63, 3.8) is 0 Å². The van der Waals surface area contributed by atoms with E-state index >= 15 is 0 Å². The Bertz CT molecular complexity index is 458. The molecule has 4 heterocycles. The van der Waals surface area contributed by atoms with Gasteiger partial charge in [0.05, 0.1) is 6.10 Å². The minimum Gasteiger partial charge on any atom is -0.377 e. The van der Waals surface area contributed by atoms with Gasteiger partial charge in [0.2, 0.25) is 5.91 Å². The lowest BCUT2D eigenvalue weighted by molar-refractivity contribution is -0.176. The van der Waals surface area contributed by atoms with Gasteiger partial charge in [0.1, 0.15) is 5.54 Å². The topological polar surface area (TPSA) is 67.6 Å². The van der Waals surface area contributed by atoms with Gasteiger partial charge in [-0.05, 0) is 38.3 Å². The van der Waals surface area contributed by atoms with Crippen molar-refractivity contribution in [3.8, 4) is 0 Å². The van der Waals surface area contributed by atoms with Crippen LogP contribution < -0.4 is 11.1 Å². The first-order valence-corrected chi connectivity index (χ1v) is 8.38. The maximum atomic E-state index is 12.9. The smallest absolute Gasteiger partial charge is 0.241 e. The summed E-state index contributed by atoms with van der Waals surface area (Å²) >= 11 is 0. The number of fused-ring (bicyclic) bond motifs is 4. The summed E-state index contributed by atoms with van der Waals surface area (Å²) in [6.45, 7) is 8.27. The Morgan fingerprint density at radius 3 is 2.62 bits per heavy atom. The van der Waals surface area contributed by atoms with Crippen LogP contribution in [0.25, 0.3) is 0 Å². The molecule has 4 unspecified atom stereocenters. The van der Waals surface area contributed by atoms with Crippen LogP contribution in [-0.2, 0) is 9.53 Å². The number of rotatable bonds is 2. The largest absolute Gasteiger partial charge is 0.377 e. The third-order valence-corrected chi connectivity index (χ3v) is 6.80. The lowest BCUT2D eigenvalue weighted by atomic mass is 9.48. The normalized spacial score (nSPS) is 50.3. The number of piperidine rings is 3. The first kappa shape index (κ1) is 14.0. The number of ether oxygens (including phenoxy) is 1. The summed E-state index contributed by atoms with van der Waals surface area (Å²) in [6.07, 6.45) is 3.49. The Balaban J connectivity index is 1.50. The SMILES string of the molecule is CC1(C)C2OCCC2C1(N)C(=O)NC1CN2CCC1CC2. The number of nitrogens with zero attached hydrogens (tertiary/aromatic N) is 1. The second kappa shape index (κ2) is 4.43. The van der Waals surface area contributed by atoms with Crippen LogP contribution >= 0.6 is 0 Å². The lowest BCUT2D eigenvalue weighted by Gasteiger charge is -2.61. The molecule has 0 radical (unpaired) electrons. The maximum Gasteiger partial charge on any atom is 0.241 e. The first-order valence-electron chi connectivity index (χ1n) is 8.38. The minimum atomic E-state index is -0.764. The number of amides is 1. The van der Waals surface area contributed by atoms with E-state index in [1.165, 1.54) is 25.9 Å². The van der Waals surface area contributed by atoms with Gasteiger partial charge in [-0.3, -0.25) is 4.79 Å². The molecule has 21 heavy (non-hydrogen) atoms. The molecule has 5 rings (SSSR count). The Hall–Kier alpha value is -0.650. The Labute approximate surface area is 126 Å². The van der Waals surface area contributed by atoms with E-state index < -0.39 is 5.54 Å². The van der Waals surface area contributed by atoms with Crippen LogP contribution in [0.3, 0.4) is 0 Å². The fourth-order valence-electron chi connectivity index (χ4n) is 5.26. The predicted octanol–water partition coefficient (Wildman–Crippen LogP) is 0.339. The summed E-state index contributed by atoms with van der Waals surface area (Å²) in [5.74, 6) is 0.882. The summed E-state index contributed by atoms with van der Waals surface area (Å²) in [5.41, 5.74) is 5.58. The fraction of sp³-hybridized carbons (Fsp3) is 0.938. The molecule has 0 spiro atoms. The highest BCUT2D eigenvalue weighted by Gasteiger charge is 2.71. The van der Waals surface area contributed by atoms with Crippen LogP contribution in [0, 0.1) is 17.3 Å². The number of nitrogens with one attached hydrogen (secondary N) is 1. The lowest BCUT2D eigenvalue weighted by Crippen LogP contribution is -2.81. The number of nitrogens with two attached hydrogens (primary N) is 1. The summed E-state index contributed by atoms with van der Waals surface area (Å²) in [6, 6.07) is 0.289. The predicted molar refractivity (Wildman–Crippen MR) is 79.6 cm³/mol. The van der Waals surface area contributed by atoms with E-state index in [4.69, 9.17) is 10.5 Å². The Kier molecular flexibility index (Phi) is 2.95. The van der Waals surface area contributed by atoms with Crippen LogP contribution in [-0.4, -0.2) is 54.7 Å². The molecular formula is C16H27N3O2. The molecule has 5 fully saturated rings. The maximum absolute atomic E-state index is 12.9. The van der Waals surface area contributed by atoms with Gasteiger partial charge in [0.15, 0.2) is 0 Å². The number of hydrogen-bond acceptors (Lipinski definition) is 4. The molecule has 4 atom stereocenters. The van der Waals surface area contributed by atoms with Gasteiger partial charge in [-0.1, -0.05) is 13.8 Å². The molecule has 5 nitrogen and oxygen atoms in total. The van der Waals surface area contributed by atoms with E-state index in [0.29, 0.717) is 5.92 Å². The molecular weight excluding hydrogens is 266 g/mol. The molecule has 1 amide bonds. The van der Waals surface area contributed by atoms with Crippen LogP contribution in [0.15, 0.2) is 0 Å². The third-order valence-electron chi connectivity index (χ3n) is 6.80. The first-order chi connectivity index (χ1) is 9.94. The molecule has 5 aliphatic rings. The van der Waals surface area contributed by atoms with E-state index in [1.807, 2.05) is 0 Å². The zero-order chi connectivity index (χ0) is 14.8. The van der Waals surface area contributed by atoms with Gasteiger partial charge in [0, 0.05) is 30.5 Å². The van der Waals surface area contributed by atoms with Crippen molar-refractivity contribution >= 4 is 5.91 Å². The average molecular weight is 293 g/mol. The van der Waals surface area contributed by atoms with Gasteiger partial charge in [-0.15, -0.1) is 0 Å². The second-order valence-corrected chi connectivity index (χ2v) is 8.00. The van der Waals surface area contributed by atoms with Crippen LogP contribution in [0.5, 0.6) is 0 Å². The van der Waals surface area contributed by atoms with Crippen LogP contribution in [0.1, 0.15) is 33.1 Å². The van der Waals surface area contributed by atoms with E-state index in [1.54, 1.807) is 0 Å². The van der Waals surface area contributed by atoms with Gasteiger partial charge in [-0.25, -0.2) is 0 Å². The van der Waals surface area contributed by atoms with Crippen molar-refractivity contribution < 1.29 is 9.53 Å². The van der Waals surface area contributed by atoms with Crippen molar-refractivity contribution in [1.82, 2.24) is 10.2 Å². The minimum absolute atomic E-state index is 0.0537. The van der Waals surface area contributed by atoms with E-state index in [2.05, 4.69) is 24.1 Å². The summed E-state index contributed by atoms with van der Waals surface area (Å²) in [4.78, 5) is 15.4. The number of carbonyl (C=O) groups excluding carboxylic acids is 1. The monoisotopic (exact) mass is 293 g/mol. The van der Waals surface area contributed by atoms with Crippen molar-refractivity contribution in [2.75, 3.05) is 26.2 Å². The highest BCUT2D eigenvalue weighted by Crippen LogP contribution is 2.58. The molecule has 1 aliphatic carbocycles. The van der Waals surface area contributed by atoms with E-state index in [9.17, 15) is 4.79 Å². The number of carbonyl (C=O) groups is 1. The van der Waals surface area contributed by atoms with Crippen LogP contribution in [0.2, 0.25) is 0 Å². The van der Waals surface area contributed by atoms with Crippen molar-refractivity contribution in [2.24, 2.45) is 23.0 Å². The highest BCUT2D eigenvalue weighted by atomic mass is 16.5. The van der Waals surface area contributed by atoms with Gasteiger partial charge in [-0.2, -0.15) is 0 Å². The number of hydrogen-bond donors (Lipinski definition) is 2. The van der Waals surface area contributed by atoms with E-state index in [0.717, 1.165) is 19.6 Å². The fourth-order valence-corrected chi connectivity index (χ4v) is 5.26. The summed E-state index contributed by atoms with van der Waals surface area (Å²) in [7, 11) is 0. The third kappa shape index (κ3) is 1.71. The standard InChI is InChI=1S/C16H27N3O2/c1-15(2)13-11(5-8-21-13)16(15,17)14(20)18-12-9-19-6-3-10(12)4-7-19/h10-13H,3-9,17H2,1-2H3,(H,18,20). The van der Waals surface area contributed by atoms with Crippen LogP contribution in [0.4, 0.5) is 0 Å². The van der Waals surface area contributed by atoms with Crippen molar-refractivity contribution in [3.05, 3.63) is 0 Å².